The lowest BCUT2D eigenvalue weighted by atomic mass is 9.90. The molecule has 0 bridgehead atoms. The molecule has 162 valence electrons. The number of carbonyl (C=O) groups is 1. The summed E-state index contributed by atoms with van der Waals surface area (Å²) >= 11 is 0. The van der Waals surface area contributed by atoms with Crippen molar-refractivity contribution < 1.29 is 13.2 Å². The van der Waals surface area contributed by atoms with Gasteiger partial charge in [0.1, 0.15) is 0 Å². The first-order valence-corrected chi connectivity index (χ1v) is 12.3. The molecule has 2 N–H and O–H groups in total. The summed E-state index contributed by atoms with van der Waals surface area (Å²) in [5.74, 6) is 0. The van der Waals surface area contributed by atoms with Crippen molar-refractivity contribution in [3.8, 4) is 11.1 Å². The van der Waals surface area contributed by atoms with E-state index in [4.69, 9.17) is 0 Å². The second-order valence-electron chi connectivity index (χ2n) is 7.95. The quantitative estimate of drug-likeness (QED) is 0.739. The molecule has 0 aliphatic carbocycles. The molecule has 1 saturated heterocycles. The molecule has 2 aromatic carbocycles. The van der Waals surface area contributed by atoms with E-state index < -0.39 is 10.0 Å². The molecule has 0 spiro atoms. The van der Waals surface area contributed by atoms with Crippen LogP contribution in [0.4, 0.5) is 4.79 Å². The van der Waals surface area contributed by atoms with Gasteiger partial charge in [-0.15, -0.1) is 0 Å². The van der Waals surface area contributed by atoms with Crippen LogP contribution in [0.15, 0.2) is 48.5 Å². The van der Waals surface area contributed by atoms with E-state index in [9.17, 15) is 13.2 Å². The fourth-order valence-electron chi connectivity index (χ4n) is 4.23. The number of hydrogen-bond donors (Lipinski definition) is 2. The smallest absolute Gasteiger partial charge is 0.317 e. The number of rotatable bonds is 6. The van der Waals surface area contributed by atoms with Crippen LogP contribution < -0.4 is 10.0 Å². The summed E-state index contributed by atoms with van der Waals surface area (Å²) in [5, 5.41) is 2.87. The molecule has 1 aliphatic heterocycles. The van der Waals surface area contributed by atoms with Crippen molar-refractivity contribution in [1.29, 1.82) is 0 Å². The third kappa shape index (κ3) is 5.61. The SMILES string of the molecule is CCNC(=O)N1CCC[C@H](NS(C)(=O)=O)[C@@H]1Cc1cccc(-c2ccccc2C)c1. The number of aryl methyl sites for hydroxylation is 1. The van der Waals surface area contributed by atoms with Gasteiger partial charge in [0.05, 0.1) is 12.3 Å². The number of amides is 2. The first-order valence-electron chi connectivity index (χ1n) is 10.4. The van der Waals surface area contributed by atoms with Gasteiger partial charge in [0, 0.05) is 19.1 Å². The number of piperidine rings is 1. The number of likely N-dealkylation sites (tertiary alicyclic amines) is 1. The molecule has 1 heterocycles. The number of benzene rings is 2. The second kappa shape index (κ2) is 9.62. The Morgan fingerprint density at radius 3 is 2.63 bits per heavy atom. The molecular weight excluding hydrogens is 398 g/mol. The highest BCUT2D eigenvalue weighted by Gasteiger charge is 2.35. The number of nitrogens with zero attached hydrogens (tertiary/aromatic N) is 1. The van der Waals surface area contributed by atoms with Crippen molar-refractivity contribution in [2.24, 2.45) is 0 Å². The van der Waals surface area contributed by atoms with Gasteiger partial charge in [-0.1, -0.05) is 48.5 Å². The van der Waals surface area contributed by atoms with Crippen LogP contribution in [-0.2, 0) is 16.4 Å². The van der Waals surface area contributed by atoms with Gasteiger partial charge in [-0.3, -0.25) is 0 Å². The maximum atomic E-state index is 12.7. The summed E-state index contributed by atoms with van der Waals surface area (Å²) in [6.45, 7) is 5.13. The zero-order valence-corrected chi connectivity index (χ0v) is 18.7. The van der Waals surface area contributed by atoms with Gasteiger partial charge >= 0.3 is 6.03 Å². The molecule has 6 nitrogen and oxygen atoms in total. The van der Waals surface area contributed by atoms with Crippen LogP contribution in [0.5, 0.6) is 0 Å². The topological polar surface area (TPSA) is 78.5 Å². The van der Waals surface area contributed by atoms with Crippen LogP contribution in [0.25, 0.3) is 11.1 Å². The summed E-state index contributed by atoms with van der Waals surface area (Å²) in [6.07, 6.45) is 3.24. The third-order valence-corrected chi connectivity index (χ3v) is 6.29. The highest BCUT2D eigenvalue weighted by molar-refractivity contribution is 7.88. The Morgan fingerprint density at radius 2 is 1.93 bits per heavy atom. The zero-order valence-electron chi connectivity index (χ0n) is 17.9. The summed E-state index contributed by atoms with van der Waals surface area (Å²) in [7, 11) is -3.38. The Kier molecular flexibility index (Phi) is 7.15. The van der Waals surface area contributed by atoms with Gasteiger partial charge in [-0.2, -0.15) is 0 Å². The van der Waals surface area contributed by atoms with E-state index in [0.717, 1.165) is 17.5 Å². The number of urea groups is 1. The van der Waals surface area contributed by atoms with Gasteiger partial charge in [0.2, 0.25) is 10.0 Å². The number of hydrogen-bond acceptors (Lipinski definition) is 3. The molecular formula is C23H31N3O3S. The van der Waals surface area contributed by atoms with Crippen molar-refractivity contribution in [3.63, 3.8) is 0 Å². The third-order valence-electron chi connectivity index (χ3n) is 5.56. The van der Waals surface area contributed by atoms with E-state index in [1.165, 1.54) is 17.4 Å². The van der Waals surface area contributed by atoms with Gasteiger partial charge in [0.25, 0.3) is 0 Å². The Bertz CT molecular complexity index is 991. The Hall–Kier alpha value is -2.38. The molecule has 0 unspecified atom stereocenters. The first-order chi connectivity index (χ1) is 14.3. The molecule has 0 saturated carbocycles. The monoisotopic (exact) mass is 429 g/mol. The van der Waals surface area contributed by atoms with Crippen LogP contribution in [0.2, 0.25) is 0 Å². The van der Waals surface area contributed by atoms with E-state index in [2.05, 4.69) is 41.2 Å². The molecule has 2 amide bonds. The minimum absolute atomic E-state index is 0.141. The van der Waals surface area contributed by atoms with E-state index in [-0.39, 0.29) is 18.1 Å². The fraction of sp³-hybridized carbons (Fsp3) is 0.435. The zero-order chi connectivity index (χ0) is 21.7. The fourth-order valence-corrected chi connectivity index (χ4v) is 5.06. The van der Waals surface area contributed by atoms with Crippen molar-refractivity contribution in [2.45, 2.75) is 45.2 Å². The van der Waals surface area contributed by atoms with Crippen molar-refractivity contribution in [1.82, 2.24) is 14.9 Å². The van der Waals surface area contributed by atoms with Crippen molar-refractivity contribution in [2.75, 3.05) is 19.3 Å². The lowest BCUT2D eigenvalue weighted by Crippen LogP contribution is -2.59. The summed E-state index contributed by atoms with van der Waals surface area (Å²) in [5.41, 5.74) is 4.58. The predicted molar refractivity (Wildman–Crippen MR) is 121 cm³/mol. The minimum Gasteiger partial charge on any atom is -0.338 e. The largest absolute Gasteiger partial charge is 0.338 e. The van der Waals surface area contributed by atoms with Crippen LogP contribution >= 0.6 is 0 Å². The number of nitrogens with one attached hydrogen (secondary N) is 2. The molecule has 0 aromatic heterocycles. The molecule has 1 fully saturated rings. The van der Waals surface area contributed by atoms with Gasteiger partial charge in [-0.25, -0.2) is 17.9 Å². The lowest BCUT2D eigenvalue weighted by Gasteiger charge is -2.41. The Labute approximate surface area is 179 Å². The first kappa shape index (κ1) is 22.3. The highest BCUT2D eigenvalue weighted by Crippen LogP contribution is 2.27. The average Bonchev–Trinajstić information content (AvgIpc) is 2.69. The Morgan fingerprint density at radius 1 is 1.17 bits per heavy atom. The molecule has 0 radical (unpaired) electrons. The minimum atomic E-state index is -3.38. The molecule has 30 heavy (non-hydrogen) atoms. The van der Waals surface area contributed by atoms with Crippen LogP contribution in [0.1, 0.15) is 30.9 Å². The summed E-state index contributed by atoms with van der Waals surface area (Å²) in [6, 6.07) is 15.8. The van der Waals surface area contributed by atoms with Crippen molar-refractivity contribution in [3.05, 3.63) is 59.7 Å². The van der Waals surface area contributed by atoms with Crippen LogP contribution in [0.3, 0.4) is 0 Å². The van der Waals surface area contributed by atoms with E-state index in [1.807, 2.05) is 31.2 Å². The molecule has 2 aromatic rings. The summed E-state index contributed by atoms with van der Waals surface area (Å²) in [4.78, 5) is 14.5. The van der Waals surface area contributed by atoms with Crippen molar-refractivity contribution >= 4 is 16.1 Å². The van der Waals surface area contributed by atoms with Gasteiger partial charge in [0.15, 0.2) is 0 Å². The lowest BCUT2D eigenvalue weighted by molar-refractivity contribution is 0.134. The maximum absolute atomic E-state index is 12.7. The highest BCUT2D eigenvalue weighted by atomic mass is 32.2. The maximum Gasteiger partial charge on any atom is 0.317 e. The normalized spacial score (nSPS) is 19.5. The number of carbonyl (C=O) groups excluding carboxylic acids is 1. The average molecular weight is 430 g/mol. The standard InChI is InChI=1S/C23H31N3O3S/c1-4-24-23(27)26-14-8-13-21(25-30(3,28)29)22(26)16-18-10-7-11-19(15-18)20-12-6-5-9-17(20)2/h5-7,9-12,15,21-22,25H,4,8,13-14,16H2,1-3H3,(H,24,27)/t21-,22-/m0/s1. The summed E-state index contributed by atoms with van der Waals surface area (Å²) < 4.78 is 26.7. The Balaban J connectivity index is 1.91. The molecule has 7 heteroatoms. The predicted octanol–water partition coefficient (Wildman–Crippen LogP) is 3.32. The number of sulfonamides is 1. The second-order valence-corrected chi connectivity index (χ2v) is 9.73. The van der Waals surface area contributed by atoms with E-state index in [0.29, 0.717) is 25.9 Å². The van der Waals surface area contributed by atoms with Gasteiger partial charge in [-0.05, 0) is 55.4 Å². The van der Waals surface area contributed by atoms with E-state index >= 15 is 0 Å². The molecule has 3 rings (SSSR count). The molecule has 2 atom stereocenters. The van der Waals surface area contributed by atoms with E-state index in [1.54, 1.807) is 4.90 Å². The van der Waals surface area contributed by atoms with Crippen LogP contribution in [-0.4, -0.2) is 50.8 Å². The molecule has 1 aliphatic rings. The van der Waals surface area contributed by atoms with Crippen LogP contribution in [0, 0.1) is 6.92 Å². The van der Waals surface area contributed by atoms with Gasteiger partial charge < -0.3 is 10.2 Å².